The Bertz CT molecular complexity index is 285. The van der Waals surface area contributed by atoms with Gasteiger partial charge < -0.3 is 10.1 Å². The second-order valence-corrected chi connectivity index (χ2v) is 4.26. The predicted octanol–water partition coefficient (Wildman–Crippen LogP) is 2.45. The number of aryl methyl sites for hydroxylation is 2. The molecule has 1 aromatic heterocycles. The Labute approximate surface area is 91.5 Å². The Balaban J connectivity index is 2.15. The van der Waals surface area contributed by atoms with Crippen molar-refractivity contribution >= 4 is 16.5 Å². The molecule has 0 bridgehead atoms. The number of thiazole rings is 1. The van der Waals surface area contributed by atoms with Crippen LogP contribution in [-0.4, -0.2) is 31.2 Å². The van der Waals surface area contributed by atoms with Crippen molar-refractivity contribution in [2.24, 2.45) is 0 Å². The van der Waals surface area contributed by atoms with Gasteiger partial charge in [0, 0.05) is 11.4 Å². The van der Waals surface area contributed by atoms with Crippen LogP contribution in [0.15, 0.2) is 0 Å². The largest absolute Gasteiger partial charge is 0.374 e. The third kappa shape index (κ3) is 4.53. The maximum absolute atomic E-state index is 11.7. The van der Waals surface area contributed by atoms with Crippen LogP contribution in [0.4, 0.5) is 13.9 Å². The Morgan fingerprint density at radius 3 is 2.73 bits per heavy atom. The maximum atomic E-state index is 11.7. The van der Waals surface area contributed by atoms with Gasteiger partial charge in [-0.1, -0.05) is 0 Å². The molecule has 0 saturated heterocycles. The average Bonchev–Trinajstić information content (AvgIpc) is 2.45. The number of rotatable bonds is 6. The van der Waals surface area contributed by atoms with Gasteiger partial charge in [-0.15, -0.1) is 11.3 Å². The molecule has 15 heavy (non-hydrogen) atoms. The van der Waals surface area contributed by atoms with Crippen LogP contribution in [0.3, 0.4) is 0 Å². The summed E-state index contributed by atoms with van der Waals surface area (Å²) in [5, 5.41) is 3.83. The average molecular weight is 236 g/mol. The quantitative estimate of drug-likeness (QED) is 0.770. The summed E-state index contributed by atoms with van der Waals surface area (Å²) >= 11 is 1.55. The topological polar surface area (TPSA) is 34.2 Å². The second kappa shape index (κ2) is 5.97. The molecule has 0 fully saturated rings. The molecule has 0 spiro atoms. The smallest absolute Gasteiger partial charge is 0.261 e. The van der Waals surface area contributed by atoms with Crippen LogP contribution in [0.5, 0.6) is 0 Å². The van der Waals surface area contributed by atoms with Gasteiger partial charge in [0.05, 0.1) is 12.3 Å². The van der Waals surface area contributed by atoms with Gasteiger partial charge in [0.1, 0.15) is 6.61 Å². The summed E-state index contributed by atoms with van der Waals surface area (Å²) in [7, 11) is 0. The normalized spacial score (nSPS) is 11.0. The SMILES string of the molecule is Cc1nc(NCCOCC(F)F)sc1C. The molecule has 1 heterocycles. The summed E-state index contributed by atoms with van der Waals surface area (Å²) in [4.78, 5) is 5.41. The first-order valence-corrected chi connectivity index (χ1v) is 5.45. The van der Waals surface area contributed by atoms with Crippen molar-refractivity contribution in [1.82, 2.24) is 4.98 Å². The molecule has 0 saturated carbocycles. The summed E-state index contributed by atoms with van der Waals surface area (Å²) in [6, 6.07) is 0. The number of hydrogen-bond donors (Lipinski definition) is 1. The molecule has 0 atom stereocenters. The van der Waals surface area contributed by atoms with E-state index in [4.69, 9.17) is 4.74 Å². The van der Waals surface area contributed by atoms with Gasteiger partial charge >= 0.3 is 0 Å². The first-order chi connectivity index (χ1) is 7.09. The summed E-state index contributed by atoms with van der Waals surface area (Å²) in [5.74, 6) is 0. The van der Waals surface area contributed by atoms with Crippen LogP contribution in [-0.2, 0) is 4.74 Å². The number of nitrogens with one attached hydrogen (secondary N) is 1. The van der Waals surface area contributed by atoms with Gasteiger partial charge in [-0.25, -0.2) is 13.8 Å². The molecule has 1 N–H and O–H groups in total. The van der Waals surface area contributed by atoms with Crippen molar-refractivity contribution in [2.75, 3.05) is 25.1 Å². The highest BCUT2D eigenvalue weighted by atomic mass is 32.1. The molecule has 0 aliphatic carbocycles. The minimum atomic E-state index is -2.39. The number of hydrogen-bond acceptors (Lipinski definition) is 4. The van der Waals surface area contributed by atoms with Crippen LogP contribution in [0, 0.1) is 13.8 Å². The van der Waals surface area contributed by atoms with E-state index in [9.17, 15) is 8.78 Å². The fourth-order valence-corrected chi connectivity index (χ4v) is 1.79. The third-order valence-electron chi connectivity index (χ3n) is 1.79. The third-order valence-corrected chi connectivity index (χ3v) is 2.83. The number of anilines is 1. The Morgan fingerprint density at radius 2 is 2.20 bits per heavy atom. The molecule has 0 aliphatic heterocycles. The highest BCUT2D eigenvalue weighted by molar-refractivity contribution is 7.15. The first-order valence-electron chi connectivity index (χ1n) is 4.63. The van der Waals surface area contributed by atoms with Crippen molar-refractivity contribution in [2.45, 2.75) is 20.3 Å². The van der Waals surface area contributed by atoms with Crippen LogP contribution < -0.4 is 5.32 Å². The van der Waals surface area contributed by atoms with E-state index in [0.717, 1.165) is 15.7 Å². The Morgan fingerprint density at radius 1 is 1.47 bits per heavy atom. The zero-order chi connectivity index (χ0) is 11.3. The van der Waals surface area contributed by atoms with Crippen LogP contribution in [0.25, 0.3) is 0 Å². The van der Waals surface area contributed by atoms with E-state index >= 15 is 0 Å². The molecule has 0 aromatic carbocycles. The van der Waals surface area contributed by atoms with Crippen molar-refractivity contribution in [1.29, 1.82) is 0 Å². The molecular formula is C9H14F2N2OS. The van der Waals surface area contributed by atoms with Gasteiger partial charge in [-0.05, 0) is 13.8 Å². The van der Waals surface area contributed by atoms with Crippen LogP contribution in [0.2, 0.25) is 0 Å². The van der Waals surface area contributed by atoms with Crippen molar-refractivity contribution in [3.8, 4) is 0 Å². The molecule has 6 heteroatoms. The summed E-state index contributed by atoms with van der Waals surface area (Å²) < 4.78 is 28.1. The standard InChI is InChI=1S/C9H14F2N2OS/c1-6-7(2)15-9(13-6)12-3-4-14-5-8(10)11/h8H,3-5H2,1-2H3,(H,12,13). The van der Waals surface area contributed by atoms with E-state index in [1.807, 2.05) is 13.8 Å². The summed E-state index contributed by atoms with van der Waals surface area (Å²) in [5.41, 5.74) is 0.996. The maximum Gasteiger partial charge on any atom is 0.261 e. The Kier molecular flexibility index (Phi) is 4.90. The van der Waals surface area contributed by atoms with Crippen molar-refractivity contribution in [3.63, 3.8) is 0 Å². The number of alkyl halides is 2. The van der Waals surface area contributed by atoms with E-state index < -0.39 is 13.0 Å². The molecule has 1 aromatic rings. The molecule has 0 radical (unpaired) electrons. The van der Waals surface area contributed by atoms with Crippen LogP contribution >= 0.6 is 11.3 Å². The zero-order valence-corrected chi connectivity index (χ0v) is 9.53. The lowest BCUT2D eigenvalue weighted by atomic mass is 10.4. The van der Waals surface area contributed by atoms with E-state index in [0.29, 0.717) is 6.54 Å². The highest BCUT2D eigenvalue weighted by Crippen LogP contribution is 2.20. The van der Waals surface area contributed by atoms with Gasteiger partial charge in [0.15, 0.2) is 5.13 Å². The monoisotopic (exact) mass is 236 g/mol. The molecule has 1 rings (SSSR count). The fourth-order valence-electron chi connectivity index (χ4n) is 0.951. The first kappa shape index (κ1) is 12.3. The van der Waals surface area contributed by atoms with E-state index in [1.165, 1.54) is 0 Å². The van der Waals surface area contributed by atoms with E-state index in [1.54, 1.807) is 11.3 Å². The number of aromatic nitrogens is 1. The molecule has 0 unspecified atom stereocenters. The molecule has 3 nitrogen and oxygen atoms in total. The van der Waals surface area contributed by atoms with Gasteiger partial charge in [-0.2, -0.15) is 0 Å². The predicted molar refractivity (Wildman–Crippen MR) is 56.9 cm³/mol. The molecule has 0 aliphatic rings. The highest BCUT2D eigenvalue weighted by Gasteiger charge is 2.03. The van der Waals surface area contributed by atoms with Gasteiger partial charge in [0.2, 0.25) is 0 Å². The van der Waals surface area contributed by atoms with Crippen molar-refractivity contribution < 1.29 is 13.5 Å². The molecular weight excluding hydrogens is 222 g/mol. The lowest BCUT2D eigenvalue weighted by Gasteiger charge is -2.03. The van der Waals surface area contributed by atoms with Crippen molar-refractivity contribution in [3.05, 3.63) is 10.6 Å². The summed E-state index contributed by atoms with van der Waals surface area (Å²) in [6.07, 6.45) is -2.39. The Hall–Kier alpha value is -0.750. The lowest BCUT2D eigenvalue weighted by Crippen LogP contribution is -2.12. The lowest BCUT2D eigenvalue weighted by molar-refractivity contribution is 0.0215. The second-order valence-electron chi connectivity index (χ2n) is 3.05. The number of halogens is 2. The fraction of sp³-hybridized carbons (Fsp3) is 0.667. The molecule has 0 amide bonds. The minimum absolute atomic E-state index is 0.266. The van der Waals surface area contributed by atoms with Gasteiger partial charge in [0.25, 0.3) is 6.43 Å². The summed E-state index contributed by atoms with van der Waals surface area (Å²) in [6.45, 7) is 4.19. The van der Waals surface area contributed by atoms with E-state index in [-0.39, 0.29) is 6.61 Å². The van der Waals surface area contributed by atoms with E-state index in [2.05, 4.69) is 10.3 Å². The minimum Gasteiger partial charge on any atom is -0.374 e. The molecule has 86 valence electrons. The zero-order valence-electron chi connectivity index (χ0n) is 8.72. The number of nitrogens with zero attached hydrogens (tertiary/aromatic N) is 1. The van der Waals surface area contributed by atoms with Gasteiger partial charge in [-0.3, -0.25) is 0 Å². The number of ether oxygens (including phenoxy) is 1. The van der Waals surface area contributed by atoms with Crippen LogP contribution in [0.1, 0.15) is 10.6 Å².